The van der Waals surface area contributed by atoms with Crippen molar-refractivity contribution in [3.63, 3.8) is 0 Å². The molecule has 0 fully saturated rings. The van der Waals surface area contributed by atoms with Crippen molar-refractivity contribution in [3.05, 3.63) is 54.2 Å². The summed E-state index contributed by atoms with van der Waals surface area (Å²) in [6.45, 7) is 2.11. The van der Waals surface area contributed by atoms with E-state index < -0.39 is 0 Å². The minimum Gasteiger partial charge on any atom is -0.465 e. The van der Waals surface area contributed by atoms with Crippen LogP contribution in [0.25, 0.3) is 11.6 Å². The maximum absolute atomic E-state index is 11.9. The summed E-state index contributed by atoms with van der Waals surface area (Å²) in [7, 11) is 0. The molecular weight excluding hydrogens is 230 g/mol. The van der Waals surface area contributed by atoms with Gasteiger partial charge < -0.3 is 9.15 Å². The third-order valence-corrected chi connectivity index (χ3v) is 2.32. The summed E-state index contributed by atoms with van der Waals surface area (Å²) in [5.41, 5.74) is 1.20. The van der Waals surface area contributed by atoms with Gasteiger partial charge in [-0.05, 0) is 42.8 Å². The highest BCUT2D eigenvalue weighted by Crippen LogP contribution is 2.19. The molecule has 0 N–H and O–H groups in total. The number of carbonyl (C=O) groups excluding carboxylic acids is 1. The molecule has 2 aromatic rings. The summed E-state index contributed by atoms with van der Waals surface area (Å²) >= 11 is 0. The van der Waals surface area contributed by atoms with E-state index in [0.29, 0.717) is 17.9 Å². The number of ether oxygens (including phenoxy) is 1. The summed E-state index contributed by atoms with van der Waals surface area (Å²) in [5, 5.41) is 0. The molecule has 0 spiro atoms. The van der Waals surface area contributed by atoms with E-state index in [1.807, 2.05) is 0 Å². The summed E-state index contributed by atoms with van der Waals surface area (Å²) in [6, 6.07) is 7.05. The highest BCUT2D eigenvalue weighted by Gasteiger charge is 2.13. The number of rotatable bonds is 4. The van der Waals surface area contributed by atoms with E-state index in [9.17, 15) is 4.79 Å². The van der Waals surface area contributed by atoms with Crippen LogP contribution in [0.5, 0.6) is 0 Å². The molecule has 0 saturated carbocycles. The number of furan rings is 1. The van der Waals surface area contributed by atoms with Gasteiger partial charge in [0, 0.05) is 12.4 Å². The van der Waals surface area contributed by atoms with Crippen LogP contribution in [-0.2, 0) is 9.53 Å². The molecule has 0 aliphatic carbocycles. The van der Waals surface area contributed by atoms with Gasteiger partial charge in [0.25, 0.3) is 0 Å². The first-order valence-electron chi connectivity index (χ1n) is 5.64. The maximum Gasteiger partial charge on any atom is 0.338 e. The molecule has 0 aliphatic heterocycles. The lowest BCUT2D eigenvalue weighted by Crippen LogP contribution is -2.06. The van der Waals surface area contributed by atoms with E-state index in [0.717, 1.165) is 5.56 Å². The maximum atomic E-state index is 11.9. The monoisotopic (exact) mass is 243 g/mol. The van der Waals surface area contributed by atoms with Gasteiger partial charge in [0.15, 0.2) is 0 Å². The van der Waals surface area contributed by atoms with Gasteiger partial charge in [0.05, 0.1) is 18.4 Å². The number of hydrogen-bond donors (Lipinski definition) is 0. The van der Waals surface area contributed by atoms with Crippen LogP contribution >= 0.6 is 0 Å². The van der Waals surface area contributed by atoms with Gasteiger partial charge in [-0.25, -0.2) is 4.79 Å². The zero-order chi connectivity index (χ0) is 12.8. The number of pyridine rings is 1. The fourth-order valence-corrected chi connectivity index (χ4v) is 1.52. The minimum absolute atomic E-state index is 0.333. The Labute approximate surface area is 105 Å². The van der Waals surface area contributed by atoms with E-state index in [4.69, 9.17) is 9.15 Å². The molecule has 0 unspecified atom stereocenters. The molecule has 2 aromatic heterocycles. The lowest BCUT2D eigenvalue weighted by molar-refractivity contribution is -0.136. The first-order valence-corrected chi connectivity index (χ1v) is 5.64. The molecule has 2 heterocycles. The third-order valence-electron chi connectivity index (χ3n) is 2.32. The molecule has 0 saturated heterocycles. The topological polar surface area (TPSA) is 52.3 Å². The molecule has 0 bridgehead atoms. The van der Waals surface area contributed by atoms with E-state index in [2.05, 4.69) is 4.98 Å². The van der Waals surface area contributed by atoms with Gasteiger partial charge in [0.1, 0.15) is 5.76 Å². The molecule has 0 radical (unpaired) electrons. The minimum atomic E-state index is -0.375. The van der Waals surface area contributed by atoms with Crippen molar-refractivity contribution < 1.29 is 13.9 Å². The molecule has 0 aromatic carbocycles. The van der Waals surface area contributed by atoms with Gasteiger partial charge in [0.2, 0.25) is 0 Å². The SMILES string of the molecule is CCOC(=O)/C(=C/c1ccco1)c1ccncc1. The van der Waals surface area contributed by atoms with Crippen molar-refractivity contribution in [3.8, 4) is 0 Å². The molecule has 0 atom stereocenters. The van der Waals surface area contributed by atoms with E-state index in [1.54, 1.807) is 55.9 Å². The zero-order valence-corrected chi connectivity index (χ0v) is 10.00. The van der Waals surface area contributed by atoms with Crippen LogP contribution < -0.4 is 0 Å². The van der Waals surface area contributed by atoms with Crippen molar-refractivity contribution in [2.24, 2.45) is 0 Å². The lowest BCUT2D eigenvalue weighted by atomic mass is 10.1. The third kappa shape index (κ3) is 2.85. The normalized spacial score (nSPS) is 11.3. The van der Waals surface area contributed by atoms with Crippen molar-refractivity contribution in [1.29, 1.82) is 0 Å². The average Bonchev–Trinajstić information content (AvgIpc) is 2.90. The van der Waals surface area contributed by atoms with Crippen LogP contribution in [0.2, 0.25) is 0 Å². The summed E-state index contributed by atoms with van der Waals surface area (Å²) in [5.74, 6) is 0.231. The van der Waals surface area contributed by atoms with Crippen LogP contribution in [0.4, 0.5) is 0 Å². The van der Waals surface area contributed by atoms with Crippen LogP contribution in [0, 0.1) is 0 Å². The average molecular weight is 243 g/mol. The number of hydrogen-bond acceptors (Lipinski definition) is 4. The number of nitrogens with zero attached hydrogens (tertiary/aromatic N) is 1. The zero-order valence-electron chi connectivity index (χ0n) is 10.00. The van der Waals surface area contributed by atoms with Crippen molar-refractivity contribution in [2.75, 3.05) is 6.61 Å². The van der Waals surface area contributed by atoms with Crippen LogP contribution in [0.15, 0.2) is 47.3 Å². The van der Waals surface area contributed by atoms with Crippen LogP contribution in [-0.4, -0.2) is 17.6 Å². The van der Waals surface area contributed by atoms with E-state index in [1.165, 1.54) is 0 Å². The molecule has 2 rings (SSSR count). The Balaban J connectivity index is 2.38. The number of aromatic nitrogens is 1. The fourth-order valence-electron chi connectivity index (χ4n) is 1.52. The second-order valence-electron chi connectivity index (χ2n) is 3.53. The second kappa shape index (κ2) is 5.82. The molecule has 0 amide bonds. The molecule has 92 valence electrons. The summed E-state index contributed by atoms with van der Waals surface area (Å²) in [6.07, 6.45) is 6.48. The lowest BCUT2D eigenvalue weighted by Gasteiger charge is -2.06. The van der Waals surface area contributed by atoms with Gasteiger partial charge >= 0.3 is 5.97 Å². The van der Waals surface area contributed by atoms with Crippen molar-refractivity contribution >= 4 is 17.6 Å². The largest absolute Gasteiger partial charge is 0.465 e. The van der Waals surface area contributed by atoms with Gasteiger partial charge in [-0.2, -0.15) is 0 Å². The Morgan fingerprint density at radius 1 is 1.39 bits per heavy atom. The summed E-state index contributed by atoms with van der Waals surface area (Å²) in [4.78, 5) is 15.8. The summed E-state index contributed by atoms with van der Waals surface area (Å²) < 4.78 is 10.3. The molecule has 4 nitrogen and oxygen atoms in total. The van der Waals surface area contributed by atoms with E-state index in [-0.39, 0.29) is 5.97 Å². The number of esters is 1. The van der Waals surface area contributed by atoms with Gasteiger partial charge in [-0.3, -0.25) is 4.98 Å². The molecule has 18 heavy (non-hydrogen) atoms. The first kappa shape index (κ1) is 12.1. The van der Waals surface area contributed by atoms with Gasteiger partial charge in [-0.15, -0.1) is 0 Å². The Bertz CT molecular complexity index is 529. The Morgan fingerprint density at radius 2 is 2.17 bits per heavy atom. The van der Waals surface area contributed by atoms with Crippen LogP contribution in [0.3, 0.4) is 0 Å². The Hall–Kier alpha value is -2.36. The van der Waals surface area contributed by atoms with Crippen LogP contribution in [0.1, 0.15) is 18.2 Å². The predicted molar refractivity (Wildman–Crippen MR) is 67.4 cm³/mol. The van der Waals surface area contributed by atoms with Gasteiger partial charge in [-0.1, -0.05) is 0 Å². The smallest absolute Gasteiger partial charge is 0.338 e. The molecule has 4 heteroatoms. The first-order chi connectivity index (χ1) is 8.81. The highest BCUT2D eigenvalue weighted by molar-refractivity contribution is 6.21. The standard InChI is InChI=1S/C14H13NO3/c1-2-17-14(16)13(10-12-4-3-9-18-12)11-5-7-15-8-6-11/h3-10H,2H2,1H3/b13-10+. The van der Waals surface area contributed by atoms with Crippen molar-refractivity contribution in [2.45, 2.75) is 6.92 Å². The Kier molecular flexibility index (Phi) is 3.91. The number of carbonyl (C=O) groups is 1. The molecular formula is C14H13NO3. The van der Waals surface area contributed by atoms with Crippen molar-refractivity contribution in [1.82, 2.24) is 4.98 Å². The quantitative estimate of drug-likeness (QED) is 0.612. The van der Waals surface area contributed by atoms with E-state index >= 15 is 0 Å². The highest BCUT2D eigenvalue weighted by atomic mass is 16.5. The second-order valence-corrected chi connectivity index (χ2v) is 3.53. The molecule has 0 aliphatic rings. The Morgan fingerprint density at radius 3 is 2.78 bits per heavy atom. The predicted octanol–water partition coefficient (Wildman–Crippen LogP) is 2.78. The fraction of sp³-hybridized carbons (Fsp3) is 0.143.